The maximum atomic E-state index is 5.45. The average Bonchev–Trinajstić information content (AvgIpc) is 2.52. The molecule has 2 heterocycles. The Kier molecular flexibility index (Phi) is 4.22. The first-order chi connectivity index (χ1) is 7.70. The van der Waals surface area contributed by atoms with Gasteiger partial charge in [0.05, 0.1) is 6.61 Å². The number of nitrogens with one attached hydrogen (secondary N) is 1. The highest BCUT2D eigenvalue weighted by molar-refractivity contribution is 4.96. The molecular weight excluding hydrogens is 200 g/mol. The van der Waals surface area contributed by atoms with Crippen molar-refractivity contribution in [1.82, 2.24) is 10.2 Å². The lowest BCUT2D eigenvalue weighted by Gasteiger charge is -2.37. The summed E-state index contributed by atoms with van der Waals surface area (Å²) in [6.07, 6.45) is 5.45. The molecule has 2 rings (SSSR count). The van der Waals surface area contributed by atoms with E-state index in [0.717, 1.165) is 25.3 Å². The number of fused-ring (bicyclic) bond motifs is 2. The molecule has 0 aliphatic carbocycles. The van der Waals surface area contributed by atoms with Gasteiger partial charge in [-0.1, -0.05) is 0 Å². The van der Waals surface area contributed by atoms with E-state index in [9.17, 15) is 0 Å². The van der Waals surface area contributed by atoms with E-state index in [2.05, 4.69) is 31.1 Å². The van der Waals surface area contributed by atoms with E-state index in [0.29, 0.717) is 12.1 Å². The van der Waals surface area contributed by atoms with Crippen LogP contribution in [0.25, 0.3) is 0 Å². The number of ether oxygens (including phenoxy) is 1. The number of hydrogen-bond donors (Lipinski definition) is 1. The first kappa shape index (κ1) is 12.3. The van der Waals surface area contributed by atoms with Gasteiger partial charge in [-0.2, -0.15) is 0 Å². The molecule has 0 radical (unpaired) electrons. The fourth-order valence-corrected chi connectivity index (χ4v) is 3.29. The van der Waals surface area contributed by atoms with Crippen LogP contribution in [0.15, 0.2) is 0 Å². The molecule has 0 amide bonds. The summed E-state index contributed by atoms with van der Waals surface area (Å²) in [4.78, 5) is 2.59. The van der Waals surface area contributed by atoms with Crippen LogP contribution in [0.2, 0.25) is 0 Å². The van der Waals surface area contributed by atoms with Gasteiger partial charge in [-0.25, -0.2) is 0 Å². The van der Waals surface area contributed by atoms with Crippen LogP contribution < -0.4 is 5.32 Å². The zero-order valence-corrected chi connectivity index (χ0v) is 10.9. The van der Waals surface area contributed by atoms with Crippen molar-refractivity contribution in [2.75, 3.05) is 20.3 Å². The van der Waals surface area contributed by atoms with E-state index in [1.54, 1.807) is 0 Å². The van der Waals surface area contributed by atoms with Gasteiger partial charge in [0.2, 0.25) is 0 Å². The van der Waals surface area contributed by atoms with E-state index in [4.69, 9.17) is 4.74 Å². The van der Waals surface area contributed by atoms with E-state index < -0.39 is 0 Å². The Bertz CT molecular complexity index is 208. The zero-order valence-electron chi connectivity index (χ0n) is 10.9. The van der Waals surface area contributed by atoms with Gasteiger partial charge in [-0.3, -0.25) is 0 Å². The molecule has 3 nitrogen and oxygen atoms in total. The minimum Gasteiger partial charge on any atom is -0.380 e. The van der Waals surface area contributed by atoms with E-state index >= 15 is 0 Å². The fraction of sp³-hybridized carbons (Fsp3) is 1.00. The Labute approximate surface area is 99.5 Å². The molecule has 2 fully saturated rings. The number of piperidine rings is 1. The molecule has 2 bridgehead atoms. The number of hydrogen-bond acceptors (Lipinski definition) is 3. The van der Waals surface area contributed by atoms with Crippen LogP contribution in [0.4, 0.5) is 0 Å². The zero-order chi connectivity index (χ0) is 11.5. The van der Waals surface area contributed by atoms with Gasteiger partial charge in [-0.05, 0) is 46.6 Å². The molecular formula is C13H26N2O. The molecule has 0 spiro atoms. The second-order valence-electron chi connectivity index (χ2n) is 5.45. The van der Waals surface area contributed by atoms with Crippen molar-refractivity contribution in [3.63, 3.8) is 0 Å². The third kappa shape index (κ3) is 2.76. The predicted octanol–water partition coefficient (Wildman–Crippen LogP) is 1.63. The van der Waals surface area contributed by atoms with Crippen LogP contribution in [0, 0.1) is 0 Å². The highest BCUT2D eigenvalue weighted by Gasteiger charge is 2.38. The Balaban J connectivity index is 1.75. The minimum absolute atomic E-state index is 0.493. The van der Waals surface area contributed by atoms with Crippen molar-refractivity contribution in [2.24, 2.45) is 0 Å². The normalized spacial score (nSPS) is 36.6. The Morgan fingerprint density at radius 1 is 1.31 bits per heavy atom. The maximum absolute atomic E-state index is 5.45. The lowest BCUT2D eigenvalue weighted by molar-refractivity contribution is 0.104. The van der Waals surface area contributed by atoms with Crippen molar-refractivity contribution >= 4 is 0 Å². The summed E-state index contributed by atoms with van der Waals surface area (Å²) in [6, 6.07) is 2.86. The summed E-state index contributed by atoms with van der Waals surface area (Å²) in [6.45, 7) is 5.96. The maximum Gasteiger partial charge on any atom is 0.0616 e. The summed E-state index contributed by atoms with van der Waals surface area (Å²) < 4.78 is 5.45. The average molecular weight is 226 g/mol. The summed E-state index contributed by atoms with van der Waals surface area (Å²) in [5.74, 6) is 0. The van der Waals surface area contributed by atoms with Crippen molar-refractivity contribution in [2.45, 2.75) is 63.7 Å². The summed E-state index contributed by atoms with van der Waals surface area (Å²) in [5.41, 5.74) is 0. The third-order valence-electron chi connectivity index (χ3n) is 4.19. The molecule has 3 atom stereocenters. The third-order valence-corrected chi connectivity index (χ3v) is 4.19. The highest BCUT2D eigenvalue weighted by Crippen LogP contribution is 2.34. The smallest absolute Gasteiger partial charge is 0.0616 e. The van der Waals surface area contributed by atoms with Gasteiger partial charge >= 0.3 is 0 Å². The molecule has 1 N–H and O–H groups in total. The number of nitrogens with zero attached hydrogens (tertiary/aromatic N) is 1. The largest absolute Gasteiger partial charge is 0.380 e. The van der Waals surface area contributed by atoms with Crippen molar-refractivity contribution in [3.05, 3.63) is 0 Å². The molecule has 2 saturated heterocycles. The Hall–Kier alpha value is -0.120. The molecule has 0 saturated carbocycles. The summed E-state index contributed by atoms with van der Waals surface area (Å²) in [5, 5.41) is 3.72. The van der Waals surface area contributed by atoms with E-state index in [1.807, 2.05) is 0 Å². The number of rotatable bonds is 5. The molecule has 0 aromatic heterocycles. The molecule has 16 heavy (non-hydrogen) atoms. The van der Waals surface area contributed by atoms with Crippen molar-refractivity contribution in [1.29, 1.82) is 0 Å². The molecule has 0 aromatic carbocycles. The molecule has 2 aliphatic heterocycles. The van der Waals surface area contributed by atoms with Crippen LogP contribution in [0.3, 0.4) is 0 Å². The lowest BCUT2D eigenvalue weighted by atomic mass is 9.97. The first-order valence-electron chi connectivity index (χ1n) is 6.76. The van der Waals surface area contributed by atoms with Gasteiger partial charge in [-0.15, -0.1) is 0 Å². The van der Waals surface area contributed by atoms with Gasteiger partial charge < -0.3 is 15.0 Å². The highest BCUT2D eigenvalue weighted by atomic mass is 16.5. The van der Waals surface area contributed by atoms with Crippen molar-refractivity contribution in [3.8, 4) is 0 Å². The van der Waals surface area contributed by atoms with Crippen LogP contribution in [0.5, 0.6) is 0 Å². The van der Waals surface area contributed by atoms with Gasteiger partial charge in [0.15, 0.2) is 0 Å². The molecule has 2 aliphatic rings. The summed E-state index contributed by atoms with van der Waals surface area (Å²) >= 11 is 0. The molecule has 3 unspecified atom stereocenters. The minimum atomic E-state index is 0.493. The van der Waals surface area contributed by atoms with Crippen LogP contribution in [-0.4, -0.2) is 49.3 Å². The first-order valence-corrected chi connectivity index (χ1v) is 6.76. The van der Waals surface area contributed by atoms with Crippen molar-refractivity contribution < 1.29 is 4.74 Å². The fourth-order valence-electron chi connectivity index (χ4n) is 3.29. The molecule has 94 valence electrons. The Morgan fingerprint density at radius 2 is 1.94 bits per heavy atom. The van der Waals surface area contributed by atoms with Gasteiger partial charge in [0, 0.05) is 30.8 Å². The van der Waals surface area contributed by atoms with Crippen LogP contribution >= 0.6 is 0 Å². The SMILES string of the molecule is CCOCC(C)NC1CC2CCC(C1)N2C. The van der Waals surface area contributed by atoms with Gasteiger partial charge in [0.1, 0.15) is 0 Å². The predicted molar refractivity (Wildman–Crippen MR) is 66.7 cm³/mol. The lowest BCUT2D eigenvalue weighted by Crippen LogP contribution is -2.50. The van der Waals surface area contributed by atoms with Crippen LogP contribution in [0.1, 0.15) is 39.5 Å². The Morgan fingerprint density at radius 3 is 2.50 bits per heavy atom. The molecule has 3 heteroatoms. The van der Waals surface area contributed by atoms with Gasteiger partial charge in [0.25, 0.3) is 0 Å². The summed E-state index contributed by atoms with van der Waals surface area (Å²) in [7, 11) is 2.29. The standard InChI is InChI=1S/C13H26N2O/c1-4-16-9-10(2)14-11-7-12-5-6-13(8-11)15(12)3/h10-14H,4-9H2,1-3H3. The van der Waals surface area contributed by atoms with Crippen LogP contribution in [-0.2, 0) is 4.74 Å². The second kappa shape index (κ2) is 5.48. The monoisotopic (exact) mass is 226 g/mol. The van der Waals surface area contributed by atoms with E-state index in [1.165, 1.54) is 25.7 Å². The van der Waals surface area contributed by atoms with E-state index in [-0.39, 0.29) is 0 Å². The quantitative estimate of drug-likeness (QED) is 0.771. The molecule has 0 aromatic rings. The topological polar surface area (TPSA) is 24.5 Å². The second-order valence-corrected chi connectivity index (χ2v) is 5.45.